The number of carboxylic acid groups (broad SMARTS) is 1. The Labute approximate surface area is 107 Å². The summed E-state index contributed by atoms with van der Waals surface area (Å²) in [5.74, 6) is -2.27. The van der Waals surface area contributed by atoms with Gasteiger partial charge in [-0.05, 0) is 31.4 Å². The first-order valence-corrected chi connectivity index (χ1v) is 6.43. The van der Waals surface area contributed by atoms with Crippen LogP contribution in [0.1, 0.15) is 19.3 Å². The molecule has 0 saturated heterocycles. The molecule has 0 aliphatic heterocycles. The molecule has 1 aromatic carbocycles. The molecule has 3 N–H and O–H groups in total. The van der Waals surface area contributed by atoms with Crippen molar-refractivity contribution in [2.24, 2.45) is 5.73 Å². The van der Waals surface area contributed by atoms with E-state index in [-0.39, 0.29) is 5.25 Å². The minimum Gasteiger partial charge on any atom is -0.480 e. The minimum atomic E-state index is -1.21. The van der Waals surface area contributed by atoms with Gasteiger partial charge in [0, 0.05) is 16.2 Å². The number of carbonyl (C=O) groups is 1. The number of thioether (sulfide) groups is 1. The van der Waals surface area contributed by atoms with E-state index in [1.54, 1.807) is 0 Å². The van der Waals surface area contributed by atoms with Crippen LogP contribution < -0.4 is 5.73 Å². The third-order valence-electron chi connectivity index (χ3n) is 3.12. The topological polar surface area (TPSA) is 63.3 Å². The fourth-order valence-corrected chi connectivity index (χ4v) is 3.37. The molecule has 0 aromatic heterocycles. The molecule has 18 heavy (non-hydrogen) atoms. The van der Waals surface area contributed by atoms with Crippen LogP contribution in [0.4, 0.5) is 8.78 Å². The second kappa shape index (κ2) is 4.85. The van der Waals surface area contributed by atoms with Gasteiger partial charge in [-0.15, -0.1) is 11.8 Å². The van der Waals surface area contributed by atoms with Crippen LogP contribution in [0.25, 0.3) is 0 Å². The minimum absolute atomic E-state index is 0.0499. The van der Waals surface area contributed by atoms with Crippen LogP contribution in [-0.2, 0) is 4.79 Å². The van der Waals surface area contributed by atoms with E-state index in [9.17, 15) is 13.6 Å². The summed E-state index contributed by atoms with van der Waals surface area (Å²) in [6, 6.07) is 3.38. The number of nitrogens with two attached hydrogens (primary N) is 1. The quantitative estimate of drug-likeness (QED) is 0.887. The van der Waals surface area contributed by atoms with Gasteiger partial charge in [0.1, 0.15) is 17.2 Å². The van der Waals surface area contributed by atoms with E-state index in [1.165, 1.54) is 23.9 Å². The summed E-state index contributed by atoms with van der Waals surface area (Å²) in [4.78, 5) is 11.3. The van der Waals surface area contributed by atoms with Crippen molar-refractivity contribution < 1.29 is 18.7 Å². The number of rotatable bonds is 3. The van der Waals surface area contributed by atoms with Gasteiger partial charge in [-0.25, -0.2) is 8.78 Å². The molecule has 2 atom stereocenters. The van der Waals surface area contributed by atoms with Crippen LogP contribution in [0.5, 0.6) is 0 Å². The van der Waals surface area contributed by atoms with Crippen LogP contribution in [0.15, 0.2) is 23.1 Å². The van der Waals surface area contributed by atoms with Gasteiger partial charge in [0.05, 0.1) is 0 Å². The zero-order valence-corrected chi connectivity index (χ0v) is 10.3. The van der Waals surface area contributed by atoms with E-state index in [4.69, 9.17) is 10.8 Å². The number of benzene rings is 1. The molecule has 2 unspecified atom stereocenters. The molecule has 1 aliphatic carbocycles. The molecule has 1 aliphatic rings. The lowest BCUT2D eigenvalue weighted by Gasteiger charge is -2.18. The summed E-state index contributed by atoms with van der Waals surface area (Å²) in [5.41, 5.74) is 4.53. The molecule has 0 heterocycles. The Morgan fingerprint density at radius 1 is 1.50 bits per heavy atom. The van der Waals surface area contributed by atoms with E-state index in [0.29, 0.717) is 24.2 Å². The molecule has 2 rings (SSSR count). The summed E-state index contributed by atoms with van der Waals surface area (Å²) in [5, 5.41) is 8.94. The normalized spacial score (nSPS) is 27.4. The zero-order valence-electron chi connectivity index (χ0n) is 9.53. The highest BCUT2D eigenvalue weighted by atomic mass is 32.2. The van der Waals surface area contributed by atoms with Crippen LogP contribution in [0.3, 0.4) is 0 Å². The SMILES string of the molecule is NC1(C(=O)O)CCC(Sc2ccc(F)cc2F)C1. The smallest absolute Gasteiger partial charge is 0.323 e. The van der Waals surface area contributed by atoms with Crippen molar-refractivity contribution in [3.63, 3.8) is 0 Å². The van der Waals surface area contributed by atoms with E-state index in [1.807, 2.05) is 0 Å². The average Bonchev–Trinajstić information content (AvgIpc) is 2.66. The van der Waals surface area contributed by atoms with Crippen LogP contribution >= 0.6 is 11.8 Å². The molecular weight excluding hydrogens is 260 g/mol. The average molecular weight is 273 g/mol. The monoisotopic (exact) mass is 273 g/mol. The van der Waals surface area contributed by atoms with Gasteiger partial charge < -0.3 is 10.8 Å². The molecule has 0 bridgehead atoms. The highest BCUT2D eigenvalue weighted by Crippen LogP contribution is 2.39. The number of hydrogen-bond donors (Lipinski definition) is 2. The predicted molar refractivity (Wildman–Crippen MR) is 64.4 cm³/mol. The second-order valence-corrected chi connectivity index (χ2v) is 5.86. The van der Waals surface area contributed by atoms with Crippen molar-refractivity contribution in [2.45, 2.75) is 34.9 Å². The molecule has 6 heteroatoms. The van der Waals surface area contributed by atoms with Gasteiger partial charge in [0.15, 0.2) is 0 Å². The molecule has 1 fully saturated rings. The second-order valence-electron chi connectivity index (χ2n) is 4.52. The van der Waals surface area contributed by atoms with E-state index < -0.39 is 23.1 Å². The van der Waals surface area contributed by atoms with Crippen molar-refractivity contribution in [1.29, 1.82) is 0 Å². The largest absolute Gasteiger partial charge is 0.480 e. The molecule has 0 radical (unpaired) electrons. The Morgan fingerprint density at radius 3 is 2.78 bits per heavy atom. The Morgan fingerprint density at radius 2 is 2.22 bits per heavy atom. The number of carboxylic acids is 1. The van der Waals surface area contributed by atoms with Gasteiger partial charge in [-0.3, -0.25) is 4.79 Å². The van der Waals surface area contributed by atoms with Crippen LogP contribution in [0.2, 0.25) is 0 Å². The lowest BCUT2D eigenvalue weighted by atomic mass is 10.0. The first-order chi connectivity index (χ1) is 8.40. The first kappa shape index (κ1) is 13.3. The molecule has 0 spiro atoms. The van der Waals surface area contributed by atoms with Crippen molar-refractivity contribution in [1.82, 2.24) is 0 Å². The van der Waals surface area contributed by atoms with Gasteiger partial charge >= 0.3 is 5.97 Å². The van der Waals surface area contributed by atoms with Crippen molar-refractivity contribution >= 4 is 17.7 Å². The van der Waals surface area contributed by atoms with Crippen molar-refractivity contribution in [3.05, 3.63) is 29.8 Å². The first-order valence-electron chi connectivity index (χ1n) is 5.55. The summed E-state index contributed by atoms with van der Waals surface area (Å²) in [6.07, 6.45) is 1.29. The maximum absolute atomic E-state index is 13.4. The Bertz CT molecular complexity index is 483. The third-order valence-corrected chi connectivity index (χ3v) is 4.44. The number of hydrogen-bond acceptors (Lipinski definition) is 3. The Balaban J connectivity index is 2.06. The summed E-state index contributed by atoms with van der Waals surface area (Å²) in [6.45, 7) is 0. The molecular formula is C12H13F2NO2S. The fourth-order valence-electron chi connectivity index (χ4n) is 2.07. The lowest BCUT2D eigenvalue weighted by molar-refractivity contribution is -0.143. The summed E-state index contributed by atoms with van der Waals surface area (Å²) in [7, 11) is 0. The predicted octanol–water partition coefficient (Wildman–Crippen LogP) is 2.39. The summed E-state index contributed by atoms with van der Waals surface area (Å²) >= 11 is 1.22. The van der Waals surface area contributed by atoms with Gasteiger partial charge in [-0.2, -0.15) is 0 Å². The highest BCUT2D eigenvalue weighted by molar-refractivity contribution is 8.00. The summed E-state index contributed by atoms with van der Waals surface area (Å²) < 4.78 is 26.2. The Hall–Kier alpha value is -1.14. The standard InChI is InChI=1S/C12H13F2NO2S/c13-7-1-2-10(9(14)5-7)18-8-3-4-12(15,6-8)11(16)17/h1-2,5,8H,3-4,6,15H2,(H,16,17). The van der Waals surface area contributed by atoms with Crippen molar-refractivity contribution in [3.8, 4) is 0 Å². The van der Waals surface area contributed by atoms with Gasteiger partial charge in [0.25, 0.3) is 0 Å². The molecule has 98 valence electrons. The molecule has 1 aromatic rings. The highest BCUT2D eigenvalue weighted by Gasteiger charge is 2.42. The van der Waals surface area contributed by atoms with E-state index >= 15 is 0 Å². The maximum Gasteiger partial charge on any atom is 0.323 e. The van der Waals surface area contributed by atoms with Crippen molar-refractivity contribution in [2.75, 3.05) is 0 Å². The van der Waals surface area contributed by atoms with Gasteiger partial charge in [0.2, 0.25) is 0 Å². The lowest BCUT2D eigenvalue weighted by Crippen LogP contribution is -2.45. The van der Waals surface area contributed by atoms with Crippen LogP contribution in [0, 0.1) is 11.6 Å². The molecule has 1 saturated carbocycles. The fraction of sp³-hybridized carbons (Fsp3) is 0.417. The van der Waals surface area contributed by atoms with E-state index in [2.05, 4.69) is 0 Å². The molecule has 0 amide bonds. The number of halogens is 2. The molecule has 3 nitrogen and oxygen atoms in total. The van der Waals surface area contributed by atoms with E-state index in [0.717, 1.165) is 6.07 Å². The van der Waals surface area contributed by atoms with Crippen LogP contribution in [-0.4, -0.2) is 21.9 Å². The third kappa shape index (κ3) is 2.64. The van der Waals surface area contributed by atoms with Gasteiger partial charge in [-0.1, -0.05) is 0 Å². The number of aliphatic carboxylic acids is 1. The maximum atomic E-state index is 13.4. The Kier molecular flexibility index (Phi) is 3.59. The zero-order chi connectivity index (χ0) is 13.3.